The van der Waals surface area contributed by atoms with Crippen molar-refractivity contribution < 1.29 is 19.2 Å². The fraction of sp³-hybridized carbons (Fsp3) is 0.368. The fourth-order valence-corrected chi connectivity index (χ4v) is 3.13. The Bertz CT molecular complexity index is 856. The summed E-state index contributed by atoms with van der Waals surface area (Å²) in [4.78, 5) is 49.9. The molecule has 3 rings (SSSR count). The first-order valence-electron chi connectivity index (χ1n) is 8.58. The first kappa shape index (κ1) is 20.6. The van der Waals surface area contributed by atoms with Gasteiger partial charge in [0.2, 0.25) is 11.8 Å². The lowest BCUT2D eigenvalue weighted by Gasteiger charge is -2.27. The highest BCUT2D eigenvalue weighted by atomic mass is 35.5. The molecule has 0 spiro atoms. The summed E-state index contributed by atoms with van der Waals surface area (Å²) < 4.78 is 0. The number of piperidine rings is 1. The SMILES string of the molecule is Cl.NCCCCC#Cc1cccc2c1C(=O)N(C1CCC(=O)NC1=O)C2=O. The van der Waals surface area contributed by atoms with Crippen molar-refractivity contribution in [2.75, 3.05) is 6.54 Å². The van der Waals surface area contributed by atoms with Gasteiger partial charge in [0.1, 0.15) is 6.04 Å². The van der Waals surface area contributed by atoms with E-state index in [4.69, 9.17) is 5.73 Å². The molecule has 4 amide bonds. The first-order valence-corrected chi connectivity index (χ1v) is 8.58. The molecular formula is C19H20ClN3O4. The van der Waals surface area contributed by atoms with Gasteiger partial charge >= 0.3 is 0 Å². The molecule has 0 saturated carbocycles. The van der Waals surface area contributed by atoms with Crippen LogP contribution in [0, 0.1) is 11.8 Å². The maximum atomic E-state index is 12.8. The Morgan fingerprint density at radius 2 is 1.93 bits per heavy atom. The van der Waals surface area contributed by atoms with Crippen molar-refractivity contribution in [1.82, 2.24) is 10.2 Å². The van der Waals surface area contributed by atoms with Gasteiger partial charge in [-0.05, 0) is 37.9 Å². The molecule has 1 atom stereocenters. The molecule has 0 bridgehead atoms. The van der Waals surface area contributed by atoms with Gasteiger partial charge in [-0.2, -0.15) is 0 Å². The number of amides is 4. The second-order valence-electron chi connectivity index (χ2n) is 6.22. The van der Waals surface area contributed by atoms with Gasteiger partial charge in [0.25, 0.3) is 11.8 Å². The first-order chi connectivity index (χ1) is 12.5. The van der Waals surface area contributed by atoms with E-state index >= 15 is 0 Å². The second-order valence-corrected chi connectivity index (χ2v) is 6.22. The van der Waals surface area contributed by atoms with Crippen LogP contribution in [0.3, 0.4) is 0 Å². The van der Waals surface area contributed by atoms with E-state index in [0.29, 0.717) is 18.5 Å². The monoisotopic (exact) mass is 389 g/mol. The van der Waals surface area contributed by atoms with Gasteiger partial charge in [-0.25, -0.2) is 0 Å². The number of hydrogen-bond donors (Lipinski definition) is 2. The molecule has 0 aliphatic carbocycles. The molecule has 0 radical (unpaired) electrons. The summed E-state index contributed by atoms with van der Waals surface area (Å²) in [5.41, 5.74) is 6.39. The standard InChI is InChI=1S/C19H19N3O4.ClH/c20-11-4-2-1-3-6-12-7-5-8-13-16(12)19(26)22(18(13)25)14-9-10-15(23)21-17(14)24;/h5,7-8,14H,1-2,4,9-11,20H2,(H,21,23,24);1H. The summed E-state index contributed by atoms with van der Waals surface area (Å²) in [6.45, 7) is 0.607. The Morgan fingerprint density at radius 1 is 1.15 bits per heavy atom. The van der Waals surface area contributed by atoms with E-state index in [-0.39, 0.29) is 36.4 Å². The van der Waals surface area contributed by atoms with Crippen molar-refractivity contribution in [3.8, 4) is 11.8 Å². The lowest BCUT2D eigenvalue weighted by atomic mass is 10.0. The molecule has 2 aliphatic rings. The van der Waals surface area contributed by atoms with Crippen LogP contribution in [0.2, 0.25) is 0 Å². The average Bonchev–Trinajstić information content (AvgIpc) is 2.87. The highest BCUT2D eigenvalue weighted by Gasteiger charge is 2.45. The molecule has 1 unspecified atom stereocenters. The number of nitrogens with zero attached hydrogens (tertiary/aromatic N) is 1. The van der Waals surface area contributed by atoms with E-state index in [1.807, 2.05) is 0 Å². The van der Waals surface area contributed by atoms with Crippen LogP contribution in [0.1, 0.15) is 58.4 Å². The molecule has 142 valence electrons. The number of fused-ring (bicyclic) bond motifs is 1. The third-order valence-corrected chi connectivity index (χ3v) is 4.45. The summed E-state index contributed by atoms with van der Waals surface area (Å²) in [5.74, 6) is 3.88. The van der Waals surface area contributed by atoms with Crippen LogP contribution in [0.5, 0.6) is 0 Å². The number of carbonyl (C=O) groups is 4. The maximum absolute atomic E-state index is 12.8. The van der Waals surface area contributed by atoms with Gasteiger partial charge in [-0.1, -0.05) is 17.9 Å². The number of halogens is 1. The van der Waals surface area contributed by atoms with Gasteiger partial charge in [0.15, 0.2) is 0 Å². The lowest BCUT2D eigenvalue weighted by molar-refractivity contribution is -0.136. The smallest absolute Gasteiger partial charge is 0.263 e. The van der Waals surface area contributed by atoms with E-state index in [2.05, 4.69) is 17.2 Å². The lowest BCUT2D eigenvalue weighted by Crippen LogP contribution is -2.54. The van der Waals surface area contributed by atoms with Crippen LogP contribution >= 0.6 is 12.4 Å². The molecule has 1 aromatic rings. The van der Waals surface area contributed by atoms with Gasteiger partial charge in [-0.15, -0.1) is 12.4 Å². The number of hydrogen-bond acceptors (Lipinski definition) is 5. The van der Waals surface area contributed by atoms with Crippen LogP contribution in [-0.2, 0) is 9.59 Å². The van der Waals surface area contributed by atoms with Gasteiger partial charge in [0.05, 0.1) is 11.1 Å². The van der Waals surface area contributed by atoms with E-state index in [1.165, 1.54) is 0 Å². The molecule has 1 aromatic carbocycles. The van der Waals surface area contributed by atoms with Crippen LogP contribution in [0.25, 0.3) is 0 Å². The average molecular weight is 390 g/mol. The normalized spacial score (nSPS) is 18.4. The van der Waals surface area contributed by atoms with E-state index in [9.17, 15) is 19.2 Å². The molecule has 2 aliphatic heterocycles. The summed E-state index contributed by atoms with van der Waals surface area (Å²) in [5, 5.41) is 2.18. The highest BCUT2D eigenvalue weighted by molar-refractivity contribution is 6.24. The van der Waals surface area contributed by atoms with Crippen molar-refractivity contribution in [2.24, 2.45) is 5.73 Å². The van der Waals surface area contributed by atoms with Gasteiger partial charge in [0, 0.05) is 18.4 Å². The molecule has 1 saturated heterocycles. The van der Waals surface area contributed by atoms with Crippen molar-refractivity contribution in [1.29, 1.82) is 0 Å². The minimum Gasteiger partial charge on any atom is -0.330 e. The molecule has 8 heteroatoms. The van der Waals surface area contributed by atoms with Crippen LogP contribution in [0.4, 0.5) is 0 Å². The number of nitrogens with two attached hydrogens (primary N) is 1. The van der Waals surface area contributed by atoms with Gasteiger partial charge in [-0.3, -0.25) is 29.4 Å². The minimum absolute atomic E-state index is 0. The highest BCUT2D eigenvalue weighted by Crippen LogP contribution is 2.29. The Hall–Kier alpha value is -2.69. The van der Waals surface area contributed by atoms with Crippen molar-refractivity contribution in [2.45, 2.75) is 38.1 Å². The predicted octanol–water partition coefficient (Wildman–Crippen LogP) is 0.990. The third-order valence-electron chi connectivity index (χ3n) is 4.45. The van der Waals surface area contributed by atoms with Crippen LogP contribution in [0.15, 0.2) is 18.2 Å². The zero-order valence-corrected chi connectivity index (χ0v) is 15.4. The molecule has 27 heavy (non-hydrogen) atoms. The molecule has 3 N–H and O–H groups in total. The van der Waals surface area contributed by atoms with Crippen LogP contribution < -0.4 is 11.1 Å². The Labute approximate surface area is 163 Å². The number of imide groups is 2. The summed E-state index contributed by atoms with van der Waals surface area (Å²) >= 11 is 0. The topological polar surface area (TPSA) is 110 Å². The van der Waals surface area contributed by atoms with E-state index in [0.717, 1.165) is 17.7 Å². The molecule has 1 fully saturated rings. The Kier molecular flexibility index (Phi) is 6.72. The van der Waals surface area contributed by atoms with Crippen molar-refractivity contribution >= 4 is 36.0 Å². The van der Waals surface area contributed by atoms with E-state index in [1.54, 1.807) is 18.2 Å². The summed E-state index contributed by atoms with van der Waals surface area (Å²) in [6, 6.07) is 3.95. The van der Waals surface area contributed by atoms with E-state index < -0.39 is 29.7 Å². The summed E-state index contributed by atoms with van der Waals surface area (Å²) in [7, 11) is 0. The molecule has 7 nitrogen and oxygen atoms in total. The molecule has 0 aromatic heterocycles. The molecular weight excluding hydrogens is 370 g/mol. The minimum atomic E-state index is -0.967. The number of carbonyl (C=O) groups excluding carboxylic acids is 4. The zero-order valence-electron chi connectivity index (χ0n) is 14.6. The van der Waals surface area contributed by atoms with Gasteiger partial charge < -0.3 is 5.73 Å². The van der Waals surface area contributed by atoms with Crippen LogP contribution in [-0.4, -0.2) is 41.1 Å². The Morgan fingerprint density at radius 3 is 2.63 bits per heavy atom. The second kappa shape index (κ2) is 8.80. The molecule has 2 heterocycles. The zero-order chi connectivity index (χ0) is 18.7. The largest absolute Gasteiger partial charge is 0.330 e. The maximum Gasteiger partial charge on any atom is 0.263 e. The van der Waals surface area contributed by atoms with Crippen molar-refractivity contribution in [3.05, 3.63) is 34.9 Å². The quantitative estimate of drug-likeness (QED) is 0.453. The number of rotatable bonds is 4. The number of nitrogens with one attached hydrogen (secondary N) is 1. The number of unbranched alkanes of at least 4 members (excludes halogenated alkanes) is 2. The Balaban J connectivity index is 0.00000261. The third kappa shape index (κ3) is 4.02. The fourth-order valence-electron chi connectivity index (χ4n) is 3.13. The number of benzene rings is 1. The predicted molar refractivity (Wildman–Crippen MR) is 100 cm³/mol. The van der Waals surface area contributed by atoms with Crippen molar-refractivity contribution in [3.63, 3.8) is 0 Å². The summed E-state index contributed by atoms with van der Waals surface area (Å²) in [6.07, 6.45) is 2.63.